The Labute approximate surface area is 88.8 Å². The summed E-state index contributed by atoms with van der Waals surface area (Å²) in [5.41, 5.74) is 1.63. The van der Waals surface area contributed by atoms with Gasteiger partial charge in [-0.05, 0) is 24.6 Å². The Kier molecular flexibility index (Phi) is 4.08. The van der Waals surface area contributed by atoms with Crippen molar-refractivity contribution in [3.8, 4) is 5.75 Å². The van der Waals surface area contributed by atoms with Crippen molar-refractivity contribution in [2.45, 2.75) is 26.2 Å². The molecule has 0 amide bonds. The molecule has 0 spiro atoms. The number of methoxy groups -OCH3 is 1. The molecule has 1 aromatic rings. The first-order chi connectivity index (χ1) is 7.13. The number of phenols is 1. The van der Waals surface area contributed by atoms with E-state index in [0.717, 1.165) is 5.56 Å². The van der Waals surface area contributed by atoms with Gasteiger partial charge < -0.3 is 20.1 Å². The number of ether oxygens (including phenoxy) is 1. The van der Waals surface area contributed by atoms with E-state index in [0.29, 0.717) is 11.1 Å². The molecule has 0 bridgehead atoms. The van der Waals surface area contributed by atoms with Crippen LogP contribution >= 0.6 is 0 Å². The minimum Gasteiger partial charge on any atom is -0.507 e. The Balaban J connectivity index is 3.20. The molecule has 0 radical (unpaired) electrons. The van der Waals surface area contributed by atoms with Gasteiger partial charge in [-0.1, -0.05) is 0 Å². The standard InChI is InChI=1S/C11H16O4/c1-7(15-2)8-3-9(5-12)11(14)10(4-8)6-13/h3-4,7,12-14H,5-6H2,1-2H3. The summed E-state index contributed by atoms with van der Waals surface area (Å²) in [5, 5.41) is 27.7. The van der Waals surface area contributed by atoms with Gasteiger partial charge in [0, 0.05) is 18.2 Å². The third kappa shape index (κ3) is 2.47. The normalized spacial score (nSPS) is 12.8. The van der Waals surface area contributed by atoms with Crippen molar-refractivity contribution < 1.29 is 20.1 Å². The van der Waals surface area contributed by atoms with Crippen molar-refractivity contribution in [3.63, 3.8) is 0 Å². The van der Waals surface area contributed by atoms with Crippen LogP contribution in [0.5, 0.6) is 5.75 Å². The average Bonchev–Trinajstić information content (AvgIpc) is 2.28. The SMILES string of the molecule is COC(C)c1cc(CO)c(O)c(CO)c1. The van der Waals surface area contributed by atoms with Crippen molar-refractivity contribution >= 4 is 0 Å². The zero-order valence-corrected chi connectivity index (χ0v) is 8.90. The van der Waals surface area contributed by atoms with Gasteiger partial charge in [-0.15, -0.1) is 0 Å². The highest BCUT2D eigenvalue weighted by molar-refractivity contribution is 5.43. The molecule has 1 aromatic carbocycles. The van der Waals surface area contributed by atoms with Crippen LogP contribution < -0.4 is 0 Å². The fourth-order valence-corrected chi connectivity index (χ4v) is 1.40. The summed E-state index contributed by atoms with van der Waals surface area (Å²) in [6.45, 7) is 1.33. The van der Waals surface area contributed by atoms with Gasteiger partial charge in [0.15, 0.2) is 0 Å². The van der Waals surface area contributed by atoms with Crippen LogP contribution in [0.1, 0.15) is 29.7 Å². The lowest BCUT2D eigenvalue weighted by atomic mass is 10.0. The van der Waals surface area contributed by atoms with Crippen molar-refractivity contribution in [3.05, 3.63) is 28.8 Å². The third-order valence-corrected chi connectivity index (χ3v) is 2.45. The number of benzene rings is 1. The molecule has 3 N–H and O–H groups in total. The Morgan fingerprint density at radius 2 is 1.67 bits per heavy atom. The van der Waals surface area contributed by atoms with Crippen molar-refractivity contribution in [1.29, 1.82) is 0 Å². The molecule has 0 aliphatic rings. The highest BCUT2D eigenvalue weighted by Gasteiger charge is 2.12. The zero-order valence-electron chi connectivity index (χ0n) is 8.90. The minimum atomic E-state index is -0.261. The van der Waals surface area contributed by atoms with Gasteiger partial charge in [0.2, 0.25) is 0 Å². The summed E-state index contributed by atoms with van der Waals surface area (Å²) in [5.74, 6) is -0.0490. The number of aliphatic hydroxyl groups excluding tert-OH is 2. The number of aromatic hydroxyl groups is 1. The molecule has 1 unspecified atom stereocenters. The molecule has 0 heterocycles. The van der Waals surface area contributed by atoms with E-state index in [1.807, 2.05) is 6.92 Å². The maximum atomic E-state index is 9.61. The molecule has 0 saturated carbocycles. The molecule has 4 heteroatoms. The van der Waals surface area contributed by atoms with Crippen molar-refractivity contribution in [1.82, 2.24) is 0 Å². The lowest BCUT2D eigenvalue weighted by Gasteiger charge is -2.14. The monoisotopic (exact) mass is 212 g/mol. The minimum absolute atomic E-state index is 0.0490. The molecule has 1 rings (SSSR count). The molecule has 0 saturated heterocycles. The molecule has 84 valence electrons. The summed E-state index contributed by atoms with van der Waals surface area (Å²) in [4.78, 5) is 0. The molecular formula is C11H16O4. The van der Waals surface area contributed by atoms with E-state index in [1.165, 1.54) is 0 Å². The van der Waals surface area contributed by atoms with Crippen molar-refractivity contribution in [2.24, 2.45) is 0 Å². The summed E-state index contributed by atoms with van der Waals surface area (Å²) in [6.07, 6.45) is -0.138. The Morgan fingerprint density at radius 1 is 1.20 bits per heavy atom. The van der Waals surface area contributed by atoms with E-state index in [9.17, 15) is 5.11 Å². The maximum absolute atomic E-state index is 9.61. The van der Waals surface area contributed by atoms with Crippen LogP contribution in [0.4, 0.5) is 0 Å². The van der Waals surface area contributed by atoms with E-state index in [4.69, 9.17) is 14.9 Å². The van der Waals surface area contributed by atoms with E-state index in [-0.39, 0.29) is 25.1 Å². The average molecular weight is 212 g/mol. The van der Waals surface area contributed by atoms with Crippen LogP contribution in [0.3, 0.4) is 0 Å². The van der Waals surface area contributed by atoms with Crippen LogP contribution in [0.2, 0.25) is 0 Å². The van der Waals surface area contributed by atoms with Crippen LogP contribution in [-0.2, 0) is 18.0 Å². The quantitative estimate of drug-likeness (QED) is 0.698. The summed E-state index contributed by atoms with van der Waals surface area (Å²) >= 11 is 0. The van der Waals surface area contributed by atoms with Crippen molar-refractivity contribution in [2.75, 3.05) is 7.11 Å². The van der Waals surface area contributed by atoms with Gasteiger partial charge in [-0.25, -0.2) is 0 Å². The van der Waals surface area contributed by atoms with Crippen LogP contribution in [0, 0.1) is 0 Å². The second-order valence-electron chi connectivity index (χ2n) is 3.38. The van der Waals surface area contributed by atoms with Gasteiger partial charge >= 0.3 is 0 Å². The van der Waals surface area contributed by atoms with E-state index < -0.39 is 0 Å². The first-order valence-corrected chi connectivity index (χ1v) is 4.73. The van der Waals surface area contributed by atoms with Crippen LogP contribution in [0.25, 0.3) is 0 Å². The first kappa shape index (κ1) is 12.0. The molecular weight excluding hydrogens is 196 g/mol. The number of aliphatic hydroxyl groups is 2. The van der Waals surface area contributed by atoms with Gasteiger partial charge in [0.25, 0.3) is 0 Å². The van der Waals surface area contributed by atoms with E-state index in [1.54, 1.807) is 19.2 Å². The van der Waals surface area contributed by atoms with Crippen LogP contribution in [0.15, 0.2) is 12.1 Å². The first-order valence-electron chi connectivity index (χ1n) is 4.73. The Hall–Kier alpha value is -1.10. The lowest BCUT2D eigenvalue weighted by molar-refractivity contribution is 0.119. The number of hydrogen-bond donors (Lipinski definition) is 3. The maximum Gasteiger partial charge on any atom is 0.126 e. The zero-order chi connectivity index (χ0) is 11.4. The number of rotatable bonds is 4. The molecule has 1 atom stereocenters. The molecule has 0 aliphatic carbocycles. The predicted octanol–water partition coefficient (Wildman–Crippen LogP) is 1.08. The highest BCUT2D eigenvalue weighted by Crippen LogP contribution is 2.28. The topological polar surface area (TPSA) is 69.9 Å². The largest absolute Gasteiger partial charge is 0.507 e. The molecule has 0 aromatic heterocycles. The van der Waals surface area contributed by atoms with Gasteiger partial charge in [-0.3, -0.25) is 0 Å². The fourth-order valence-electron chi connectivity index (χ4n) is 1.40. The lowest BCUT2D eigenvalue weighted by Crippen LogP contribution is -2.00. The second-order valence-corrected chi connectivity index (χ2v) is 3.38. The summed E-state index contributed by atoms with van der Waals surface area (Å²) < 4.78 is 5.13. The molecule has 4 nitrogen and oxygen atoms in total. The Morgan fingerprint density at radius 3 is 2.00 bits per heavy atom. The Bertz CT molecular complexity index is 310. The fraction of sp³-hybridized carbons (Fsp3) is 0.455. The molecule has 15 heavy (non-hydrogen) atoms. The van der Waals surface area contributed by atoms with Crippen LogP contribution in [-0.4, -0.2) is 22.4 Å². The third-order valence-electron chi connectivity index (χ3n) is 2.45. The van der Waals surface area contributed by atoms with Gasteiger partial charge in [0.1, 0.15) is 5.75 Å². The van der Waals surface area contributed by atoms with Gasteiger partial charge in [0.05, 0.1) is 19.3 Å². The molecule has 0 aliphatic heterocycles. The second kappa shape index (κ2) is 5.11. The van der Waals surface area contributed by atoms with Gasteiger partial charge in [-0.2, -0.15) is 0 Å². The van der Waals surface area contributed by atoms with E-state index >= 15 is 0 Å². The highest BCUT2D eigenvalue weighted by atomic mass is 16.5. The summed E-state index contributed by atoms with van der Waals surface area (Å²) in [7, 11) is 1.58. The predicted molar refractivity (Wildman–Crippen MR) is 55.4 cm³/mol. The summed E-state index contributed by atoms with van der Waals surface area (Å²) in [6, 6.07) is 3.34. The smallest absolute Gasteiger partial charge is 0.126 e. The van der Waals surface area contributed by atoms with E-state index in [2.05, 4.69) is 0 Å². The molecule has 0 fully saturated rings. The number of hydrogen-bond acceptors (Lipinski definition) is 4.